The summed E-state index contributed by atoms with van der Waals surface area (Å²) in [4.78, 5) is 11.0. The van der Waals surface area contributed by atoms with E-state index in [0.717, 1.165) is 61.3 Å². The van der Waals surface area contributed by atoms with Gasteiger partial charge in [0.05, 0.1) is 27.6 Å². The fourth-order valence-electron chi connectivity index (χ4n) is 9.64. The predicted molar refractivity (Wildman–Crippen MR) is 265 cm³/mol. The molecular weight excluding hydrogens is 785 g/mol. The first-order valence-electron chi connectivity index (χ1n) is 21.3. The molecule has 294 valence electrons. The fourth-order valence-corrected chi connectivity index (χ4v) is 10.9. The van der Waals surface area contributed by atoms with Crippen molar-refractivity contribution in [1.29, 1.82) is 0 Å². The Morgan fingerprint density at radius 3 is 1.65 bits per heavy atom. The first kappa shape index (κ1) is 35.6. The molecule has 9 aromatic carbocycles. The van der Waals surface area contributed by atoms with Crippen LogP contribution in [0.5, 0.6) is 0 Å². The molecule has 0 atom stereocenters. The monoisotopic (exact) mass is 820 g/mol. The van der Waals surface area contributed by atoms with E-state index in [0.29, 0.717) is 5.82 Å². The Kier molecular flexibility index (Phi) is 8.05. The minimum absolute atomic E-state index is 0.688. The third kappa shape index (κ3) is 5.67. The van der Waals surface area contributed by atoms with E-state index in [1.807, 2.05) is 11.3 Å². The Bertz CT molecular complexity index is 3880. The van der Waals surface area contributed by atoms with Crippen LogP contribution in [0.25, 0.3) is 120 Å². The number of rotatable bonds is 6. The van der Waals surface area contributed by atoms with Crippen LogP contribution < -0.4 is 0 Å². The zero-order valence-corrected chi connectivity index (χ0v) is 34.8. The highest BCUT2D eigenvalue weighted by Crippen LogP contribution is 2.43. The molecule has 13 rings (SSSR count). The second-order valence-corrected chi connectivity index (χ2v) is 17.2. The van der Waals surface area contributed by atoms with E-state index in [9.17, 15) is 0 Å². The molecule has 0 spiro atoms. The molecular formula is C58H36N4S. The normalized spacial score (nSPS) is 11.8. The highest BCUT2D eigenvalue weighted by atomic mass is 32.1. The van der Waals surface area contributed by atoms with Gasteiger partial charge in [-0.15, -0.1) is 11.3 Å². The molecule has 0 saturated carbocycles. The van der Waals surface area contributed by atoms with Gasteiger partial charge < -0.3 is 4.57 Å². The summed E-state index contributed by atoms with van der Waals surface area (Å²) in [6.45, 7) is 0. The van der Waals surface area contributed by atoms with E-state index in [2.05, 4.69) is 228 Å². The second-order valence-electron chi connectivity index (χ2n) is 16.1. The first-order valence-corrected chi connectivity index (χ1v) is 22.1. The zero-order chi connectivity index (χ0) is 41.4. The summed E-state index contributed by atoms with van der Waals surface area (Å²) in [5, 5.41) is 7.20. The number of nitrogens with zero attached hydrogens (tertiary/aromatic N) is 4. The summed E-state index contributed by atoms with van der Waals surface area (Å²) in [5.41, 5.74) is 14.2. The lowest BCUT2D eigenvalue weighted by Crippen LogP contribution is -1.99. The van der Waals surface area contributed by atoms with Crippen molar-refractivity contribution in [3.05, 3.63) is 218 Å². The number of benzene rings is 9. The Morgan fingerprint density at radius 2 is 0.905 bits per heavy atom. The van der Waals surface area contributed by atoms with Crippen molar-refractivity contribution in [2.75, 3.05) is 0 Å². The summed E-state index contributed by atoms with van der Waals surface area (Å²) in [6, 6.07) is 78.3. The first-order chi connectivity index (χ1) is 31.2. The van der Waals surface area contributed by atoms with Gasteiger partial charge in [0, 0.05) is 58.8 Å². The number of hydrogen-bond donors (Lipinski definition) is 0. The lowest BCUT2D eigenvalue weighted by Gasteiger charge is -2.11. The van der Waals surface area contributed by atoms with Crippen LogP contribution in [0.2, 0.25) is 0 Å². The predicted octanol–water partition coefficient (Wildman–Crippen LogP) is 15.7. The molecule has 0 amide bonds. The minimum Gasteiger partial charge on any atom is -0.309 e. The molecule has 0 saturated heterocycles. The molecule has 0 aliphatic carbocycles. The van der Waals surface area contributed by atoms with Crippen LogP contribution in [0.4, 0.5) is 0 Å². The Morgan fingerprint density at radius 1 is 0.349 bits per heavy atom. The Labute approximate surface area is 367 Å². The van der Waals surface area contributed by atoms with Crippen LogP contribution in [-0.2, 0) is 0 Å². The quantitative estimate of drug-likeness (QED) is 0.167. The second kappa shape index (κ2) is 14.2. The molecule has 0 bridgehead atoms. The number of hydrogen-bond acceptors (Lipinski definition) is 3. The zero-order valence-electron chi connectivity index (χ0n) is 34.0. The van der Waals surface area contributed by atoms with Crippen molar-refractivity contribution >= 4 is 75.3 Å². The molecule has 4 heterocycles. The molecule has 0 aliphatic rings. The Balaban J connectivity index is 1.01. The largest absolute Gasteiger partial charge is 0.309 e. The van der Waals surface area contributed by atoms with Crippen molar-refractivity contribution in [2.45, 2.75) is 0 Å². The highest BCUT2D eigenvalue weighted by molar-refractivity contribution is 7.26. The molecule has 13 aromatic rings. The van der Waals surface area contributed by atoms with Gasteiger partial charge in [-0.2, -0.15) is 0 Å². The van der Waals surface area contributed by atoms with Gasteiger partial charge in [-0.25, -0.2) is 9.97 Å². The smallest absolute Gasteiger partial charge is 0.162 e. The molecule has 0 N–H and O–H groups in total. The van der Waals surface area contributed by atoms with Gasteiger partial charge in [0.25, 0.3) is 0 Å². The minimum atomic E-state index is 0.688. The van der Waals surface area contributed by atoms with E-state index >= 15 is 0 Å². The standard InChI is InChI=1S/C58H36N4S/c1-4-15-38(16-5-1)55-54-49-36-41(40-31-33-51-48(35-40)45-21-10-12-25-50(45)61(51)42-17-6-2-7-18-42)32-34-52(49)62(43-19-8-3-9-20-43)58(54)60-57(59-55)39-29-27-37(28-30-39)44-23-14-24-47-46-22-11-13-26-53(46)63-56(44)47/h1-36H. The van der Waals surface area contributed by atoms with E-state index in [4.69, 9.17) is 9.97 Å². The van der Waals surface area contributed by atoms with Crippen molar-refractivity contribution in [1.82, 2.24) is 19.1 Å². The van der Waals surface area contributed by atoms with Gasteiger partial charge in [0.15, 0.2) is 5.82 Å². The van der Waals surface area contributed by atoms with E-state index < -0.39 is 0 Å². The topological polar surface area (TPSA) is 35.6 Å². The maximum atomic E-state index is 5.49. The van der Waals surface area contributed by atoms with Crippen molar-refractivity contribution in [3.8, 4) is 56.3 Å². The molecule has 63 heavy (non-hydrogen) atoms. The van der Waals surface area contributed by atoms with Crippen molar-refractivity contribution < 1.29 is 0 Å². The summed E-state index contributed by atoms with van der Waals surface area (Å²) >= 11 is 1.86. The van der Waals surface area contributed by atoms with Gasteiger partial charge in [-0.1, -0.05) is 158 Å². The average molecular weight is 821 g/mol. The summed E-state index contributed by atoms with van der Waals surface area (Å²) < 4.78 is 7.28. The van der Waals surface area contributed by atoms with Gasteiger partial charge in [-0.3, -0.25) is 4.57 Å². The van der Waals surface area contributed by atoms with Gasteiger partial charge >= 0.3 is 0 Å². The fraction of sp³-hybridized carbons (Fsp3) is 0. The lowest BCUT2D eigenvalue weighted by molar-refractivity contribution is 1.11. The molecule has 0 radical (unpaired) electrons. The van der Waals surface area contributed by atoms with Crippen LogP contribution in [0, 0.1) is 0 Å². The van der Waals surface area contributed by atoms with Crippen LogP contribution in [0.1, 0.15) is 0 Å². The van der Waals surface area contributed by atoms with Crippen molar-refractivity contribution in [2.24, 2.45) is 0 Å². The maximum Gasteiger partial charge on any atom is 0.162 e. The molecule has 5 heteroatoms. The molecule has 0 aliphatic heterocycles. The van der Waals surface area contributed by atoms with Crippen LogP contribution in [-0.4, -0.2) is 19.1 Å². The van der Waals surface area contributed by atoms with Crippen LogP contribution >= 0.6 is 11.3 Å². The molecule has 4 nitrogen and oxygen atoms in total. The SMILES string of the molecule is c1ccc(-c2nc(-c3ccc(-c4cccc5c4sc4ccccc45)cc3)nc3c2c2cc(-c4ccc5c(c4)c4ccccc4n5-c4ccccc4)ccc2n3-c2ccccc2)cc1. The highest BCUT2D eigenvalue weighted by Gasteiger charge is 2.22. The van der Waals surface area contributed by atoms with E-state index in [1.54, 1.807) is 0 Å². The molecule has 0 fully saturated rings. The van der Waals surface area contributed by atoms with Gasteiger partial charge in [0.1, 0.15) is 5.65 Å². The van der Waals surface area contributed by atoms with Gasteiger partial charge in [-0.05, 0) is 82.9 Å². The lowest BCUT2D eigenvalue weighted by atomic mass is 9.99. The number of thiophene rings is 1. The molecule has 4 aromatic heterocycles. The summed E-state index contributed by atoms with van der Waals surface area (Å²) in [5.74, 6) is 0.688. The van der Waals surface area contributed by atoms with Gasteiger partial charge in [0.2, 0.25) is 0 Å². The van der Waals surface area contributed by atoms with Crippen LogP contribution in [0.3, 0.4) is 0 Å². The number of aromatic nitrogens is 4. The van der Waals surface area contributed by atoms with Crippen LogP contribution in [0.15, 0.2) is 218 Å². The summed E-state index contributed by atoms with van der Waals surface area (Å²) in [6.07, 6.45) is 0. The third-order valence-electron chi connectivity index (χ3n) is 12.5. The maximum absolute atomic E-state index is 5.49. The number of para-hydroxylation sites is 3. The third-order valence-corrected chi connectivity index (χ3v) is 13.8. The van der Waals surface area contributed by atoms with E-state index in [1.165, 1.54) is 53.1 Å². The average Bonchev–Trinajstić information content (AvgIpc) is 4.02. The summed E-state index contributed by atoms with van der Waals surface area (Å²) in [7, 11) is 0. The van der Waals surface area contributed by atoms with Crippen molar-refractivity contribution in [3.63, 3.8) is 0 Å². The van der Waals surface area contributed by atoms with E-state index in [-0.39, 0.29) is 0 Å². The molecule has 0 unspecified atom stereocenters. The Hall–Kier alpha value is -8.12. The number of fused-ring (bicyclic) bond motifs is 9.